The van der Waals surface area contributed by atoms with Crippen molar-refractivity contribution in [2.45, 2.75) is 18.7 Å². The van der Waals surface area contributed by atoms with Crippen LogP contribution in [0.3, 0.4) is 0 Å². The lowest BCUT2D eigenvalue weighted by Gasteiger charge is -2.03. The molecule has 2 aromatic rings. The summed E-state index contributed by atoms with van der Waals surface area (Å²) in [5.41, 5.74) is 2.34. The van der Waals surface area contributed by atoms with Gasteiger partial charge in [0, 0.05) is 5.56 Å². The van der Waals surface area contributed by atoms with E-state index in [2.05, 4.69) is 9.44 Å². The van der Waals surface area contributed by atoms with Crippen LogP contribution in [0.5, 0.6) is 0 Å². The Kier molecular flexibility index (Phi) is 4.59. The molecule has 2 aromatic carbocycles. The minimum absolute atomic E-state index is 0.0111. The lowest BCUT2D eigenvalue weighted by Crippen LogP contribution is -2.06. The molecule has 0 unspecified atom stereocenters. The molecular formula is C16H14N2O3S. The average molecular weight is 314 g/mol. The van der Waals surface area contributed by atoms with E-state index in [1.807, 2.05) is 19.9 Å². The zero-order valence-corrected chi connectivity index (χ0v) is 13.0. The molecule has 6 heteroatoms. The number of hydrogen-bond donors (Lipinski definition) is 0. The van der Waals surface area contributed by atoms with Gasteiger partial charge in [0.05, 0.1) is 0 Å². The van der Waals surface area contributed by atoms with Crippen molar-refractivity contribution in [2.75, 3.05) is 0 Å². The van der Waals surface area contributed by atoms with Crippen LogP contribution >= 0.6 is 0 Å². The van der Waals surface area contributed by atoms with Crippen LogP contribution < -0.4 is 0 Å². The molecule has 0 amide bonds. The monoisotopic (exact) mass is 314 g/mol. The summed E-state index contributed by atoms with van der Waals surface area (Å²) in [6.07, 6.45) is 0. The second-order valence-corrected chi connectivity index (χ2v) is 6.29. The van der Waals surface area contributed by atoms with Gasteiger partial charge in [0.15, 0.2) is 5.71 Å². The molecule has 5 nitrogen and oxygen atoms in total. The van der Waals surface area contributed by atoms with Gasteiger partial charge in [-0.1, -0.05) is 52.7 Å². The van der Waals surface area contributed by atoms with Crippen molar-refractivity contribution < 1.29 is 12.7 Å². The lowest BCUT2D eigenvalue weighted by atomic mass is 10.1. The second kappa shape index (κ2) is 6.41. The largest absolute Gasteiger partial charge is 0.358 e. The predicted octanol–water partition coefficient (Wildman–Crippen LogP) is 2.94. The Morgan fingerprint density at radius 2 is 1.50 bits per heavy atom. The van der Waals surface area contributed by atoms with E-state index in [0.29, 0.717) is 5.56 Å². The van der Waals surface area contributed by atoms with E-state index in [9.17, 15) is 8.42 Å². The zero-order valence-electron chi connectivity index (χ0n) is 12.1. The zero-order chi connectivity index (χ0) is 16.2. The van der Waals surface area contributed by atoms with Crippen LogP contribution in [-0.2, 0) is 14.4 Å². The van der Waals surface area contributed by atoms with Crippen molar-refractivity contribution in [3.8, 4) is 6.07 Å². The molecule has 22 heavy (non-hydrogen) atoms. The van der Waals surface area contributed by atoms with Gasteiger partial charge < -0.3 is 0 Å². The van der Waals surface area contributed by atoms with E-state index < -0.39 is 10.1 Å². The molecule has 0 aliphatic rings. The SMILES string of the molecule is Cc1ccc(/C(C#N)=N/OS(=O)(=O)c2ccc(C)cc2)cc1. The normalized spacial score (nSPS) is 11.8. The number of aryl methyl sites for hydroxylation is 2. The first kappa shape index (κ1) is 15.7. The van der Waals surface area contributed by atoms with Crippen molar-refractivity contribution in [3.05, 3.63) is 65.2 Å². The molecule has 0 saturated heterocycles. The van der Waals surface area contributed by atoms with Gasteiger partial charge in [-0.2, -0.15) is 13.7 Å². The molecule has 0 heterocycles. The Balaban J connectivity index is 2.26. The molecule has 0 radical (unpaired) electrons. The van der Waals surface area contributed by atoms with Gasteiger partial charge >= 0.3 is 10.1 Å². The maximum absolute atomic E-state index is 12.0. The Labute approximate surface area is 129 Å². The van der Waals surface area contributed by atoms with E-state index in [0.717, 1.165) is 11.1 Å². The third kappa shape index (κ3) is 3.71. The summed E-state index contributed by atoms with van der Waals surface area (Å²) in [5.74, 6) is 0. The van der Waals surface area contributed by atoms with Crippen LogP contribution in [-0.4, -0.2) is 14.1 Å². The fourth-order valence-electron chi connectivity index (χ4n) is 1.68. The summed E-state index contributed by atoms with van der Waals surface area (Å²) in [5, 5.41) is 12.6. The number of rotatable bonds is 4. The Hall–Kier alpha value is -2.65. The number of nitrogens with zero attached hydrogens (tertiary/aromatic N) is 2. The van der Waals surface area contributed by atoms with Gasteiger partial charge in [-0.05, 0) is 26.0 Å². The number of nitriles is 1. The molecular weight excluding hydrogens is 300 g/mol. The van der Waals surface area contributed by atoms with Crippen molar-refractivity contribution in [3.63, 3.8) is 0 Å². The predicted molar refractivity (Wildman–Crippen MR) is 82.8 cm³/mol. The summed E-state index contributed by atoms with van der Waals surface area (Å²) in [6.45, 7) is 3.76. The first-order valence-electron chi connectivity index (χ1n) is 6.48. The van der Waals surface area contributed by atoms with Gasteiger partial charge in [-0.25, -0.2) is 0 Å². The van der Waals surface area contributed by atoms with E-state index >= 15 is 0 Å². The van der Waals surface area contributed by atoms with Crippen molar-refractivity contribution in [2.24, 2.45) is 5.16 Å². The highest BCUT2D eigenvalue weighted by Crippen LogP contribution is 2.14. The summed E-state index contributed by atoms with van der Waals surface area (Å²) >= 11 is 0. The molecule has 0 aliphatic carbocycles. The third-order valence-electron chi connectivity index (χ3n) is 2.97. The van der Waals surface area contributed by atoms with Crippen molar-refractivity contribution >= 4 is 15.8 Å². The average Bonchev–Trinajstić information content (AvgIpc) is 2.50. The van der Waals surface area contributed by atoms with Crippen molar-refractivity contribution in [1.29, 1.82) is 5.26 Å². The topological polar surface area (TPSA) is 79.5 Å². The fraction of sp³-hybridized carbons (Fsp3) is 0.125. The maximum Gasteiger partial charge on any atom is 0.358 e. The summed E-state index contributed by atoms with van der Waals surface area (Å²) < 4.78 is 28.7. The van der Waals surface area contributed by atoms with Gasteiger partial charge in [0.2, 0.25) is 0 Å². The van der Waals surface area contributed by atoms with E-state index in [4.69, 9.17) is 5.26 Å². The number of benzene rings is 2. The molecule has 2 rings (SSSR count). The quantitative estimate of drug-likeness (QED) is 0.642. The van der Waals surface area contributed by atoms with Crippen molar-refractivity contribution in [1.82, 2.24) is 0 Å². The summed E-state index contributed by atoms with van der Waals surface area (Å²) in [7, 11) is -4.04. The van der Waals surface area contributed by atoms with Crippen LogP contribution in [0.2, 0.25) is 0 Å². The smallest absolute Gasteiger partial charge is 0.263 e. The molecule has 0 saturated carbocycles. The van der Waals surface area contributed by atoms with E-state index in [-0.39, 0.29) is 10.6 Å². The minimum Gasteiger partial charge on any atom is -0.263 e. The molecule has 0 N–H and O–H groups in total. The lowest BCUT2D eigenvalue weighted by molar-refractivity contribution is 0.339. The molecule has 0 fully saturated rings. The van der Waals surface area contributed by atoms with Gasteiger partial charge in [-0.15, -0.1) is 0 Å². The van der Waals surface area contributed by atoms with E-state index in [1.54, 1.807) is 36.4 Å². The number of oxime groups is 1. The molecule has 0 bridgehead atoms. The summed E-state index contributed by atoms with van der Waals surface area (Å²) in [4.78, 5) is -0.0111. The second-order valence-electron chi connectivity index (χ2n) is 4.76. The first-order valence-corrected chi connectivity index (χ1v) is 7.88. The van der Waals surface area contributed by atoms with Crippen LogP contribution in [0.1, 0.15) is 16.7 Å². The molecule has 0 aliphatic heterocycles. The molecule has 112 valence electrons. The highest BCUT2D eigenvalue weighted by molar-refractivity contribution is 7.86. The Bertz CT molecular complexity index is 830. The number of hydrogen-bond acceptors (Lipinski definition) is 5. The van der Waals surface area contributed by atoms with Gasteiger partial charge in [0.25, 0.3) is 0 Å². The van der Waals surface area contributed by atoms with Crippen LogP contribution in [0, 0.1) is 25.2 Å². The third-order valence-corrected chi connectivity index (χ3v) is 4.09. The Morgan fingerprint density at radius 1 is 1.00 bits per heavy atom. The maximum atomic E-state index is 12.0. The molecule has 0 spiro atoms. The standard InChI is InChI=1S/C16H14N2O3S/c1-12-3-7-14(8-4-12)16(11-17)18-21-22(19,20)15-9-5-13(2)6-10-15/h3-10H,1-2H3/b18-16+. The fourth-order valence-corrected chi connectivity index (χ4v) is 2.41. The Morgan fingerprint density at radius 3 is 2.00 bits per heavy atom. The highest BCUT2D eigenvalue weighted by Gasteiger charge is 2.16. The molecule has 0 atom stereocenters. The minimum atomic E-state index is -4.04. The van der Waals surface area contributed by atoms with Gasteiger partial charge in [-0.3, -0.25) is 4.28 Å². The van der Waals surface area contributed by atoms with Crippen LogP contribution in [0.25, 0.3) is 0 Å². The molecule has 0 aromatic heterocycles. The summed E-state index contributed by atoms with van der Waals surface area (Å²) in [6, 6.07) is 15.0. The van der Waals surface area contributed by atoms with Crippen LogP contribution in [0.15, 0.2) is 58.6 Å². The van der Waals surface area contributed by atoms with Gasteiger partial charge in [0.1, 0.15) is 11.0 Å². The van der Waals surface area contributed by atoms with E-state index in [1.165, 1.54) is 12.1 Å². The highest BCUT2D eigenvalue weighted by atomic mass is 32.2. The first-order chi connectivity index (χ1) is 10.4. The van der Waals surface area contributed by atoms with Crippen LogP contribution in [0.4, 0.5) is 0 Å².